The average Bonchev–Trinajstić information content (AvgIpc) is 2.20. The Kier molecular flexibility index (Phi) is 4.25. The molecule has 0 bridgehead atoms. The van der Waals surface area contributed by atoms with Crippen LogP contribution in [0.2, 0.25) is 0 Å². The molecule has 0 fully saturated rings. The number of carboxylic acids is 1. The van der Waals surface area contributed by atoms with Crippen LogP contribution < -0.4 is 5.32 Å². The number of carbonyl (C=O) groups excluding carboxylic acids is 1. The van der Waals surface area contributed by atoms with E-state index in [1.807, 2.05) is 19.1 Å². The van der Waals surface area contributed by atoms with Crippen LogP contribution in [0.25, 0.3) is 0 Å². The summed E-state index contributed by atoms with van der Waals surface area (Å²) in [4.78, 5) is 21.5. The van der Waals surface area contributed by atoms with Crippen molar-refractivity contribution in [2.75, 3.05) is 5.32 Å². The van der Waals surface area contributed by atoms with Crippen LogP contribution in [0.15, 0.2) is 34.8 Å². The Balaban J connectivity index is 2.77. The van der Waals surface area contributed by atoms with Gasteiger partial charge in [0.05, 0.1) is 5.69 Å². The summed E-state index contributed by atoms with van der Waals surface area (Å²) in [5.74, 6) is -1.63. The Morgan fingerprint density at radius 2 is 2.06 bits per heavy atom. The summed E-state index contributed by atoms with van der Waals surface area (Å²) in [6, 6.07) is 5.50. The molecule has 1 aromatic rings. The first-order valence-corrected chi connectivity index (χ1v) is 5.26. The molecule has 5 heteroatoms. The maximum atomic E-state index is 11.3. The van der Waals surface area contributed by atoms with Crippen LogP contribution >= 0.6 is 15.9 Å². The third-order valence-corrected chi connectivity index (χ3v) is 2.45. The molecule has 0 aliphatic rings. The predicted molar refractivity (Wildman–Crippen MR) is 64.3 cm³/mol. The molecule has 0 atom stereocenters. The third-order valence-electron chi connectivity index (χ3n) is 1.76. The lowest BCUT2D eigenvalue weighted by atomic mass is 10.2. The molecule has 4 nitrogen and oxygen atoms in total. The molecule has 0 saturated heterocycles. The fourth-order valence-corrected chi connectivity index (χ4v) is 1.40. The van der Waals surface area contributed by atoms with Crippen molar-refractivity contribution in [1.29, 1.82) is 0 Å². The van der Waals surface area contributed by atoms with Crippen molar-refractivity contribution in [3.8, 4) is 0 Å². The molecule has 84 valence electrons. The molecular formula is C11H10BrNO3. The SMILES string of the molecule is Cc1ccc(Br)c(NC(=O)/C=C/C(=O)O)c1. The van der Waals surface area contributed by atoms with E-state index in [2.05, 4.69) is 21.2 Å². The summed E-state index contributed by atoms with van der Waals surface area (Å²) >= 11 is 3.28. The summed E-state index contributed by atoms with van der Waals surface area (Å²) < 4.78 is 0.746. The van der Waals surface area contributed by atoms with Gasteiger partial charge in [-0.25, -0.2) is 4.79 Å². The van der Waals surface area contributed by atoms with Crippen LogP contribution in [0.5, 0.6) is 0 Å². The number of hydrogen-bond donors (Lipinski definition) is 2. The third kappa shape index (κ3) is 3.86. The van der Waals surface area contributed by atoms with E-state index in [9.17, 15) is 9.59 Å². The minimum atomic E-state index is -1.15. The number of anilines is 1. The smallest absolute Gasteiger partial charge is 0.328 e. The number of hydrogen-bond acceptors (Lipinski definition) is 2. The normalized spacial score (nSPS) is 10.4. The fraction of sp³-hybridized carbons (Fsp3) is 0.0909. The van der Waals surface area contributed by atoms with Crippen molar-refractivity contribution in [2.45, 2.75) is 6.92 Å². The number of carboxylic acid groups (broad SMARTS) is 1. The van der Waals surface area contributed by atoms with Crippen LogP contribution in [-0.2, 0) is 9.59 Å². The molecule has 16 heavy (non-hydrogen) atoms. The second-order valence-corrected chi connectivity index (χ2v) is 4.00. The van der Waals surface area contributed by atoms with Crippen LogP contribution in [0.4, 0.5) is 5.69 Å². The maximum absolute atomic E-state index is 11.3. The highest BCUT2D eigenvalue weighted by atomic mass is 79.9. The summed E-state index contributed by atoms with van der Waals surface area (Å²) in [5, 5.41) is 10.9. The van der Waals surface area contributed by atoms with E-state index in [1.54, 1.807) is 6.07 Å². The van der Waals surface area contributed by atoms with Gasteiger partial charge in [0.25, 0.3) is 0 Å². The molecule has 0 spiro atoms. The largest absolute Gasteiger partial charge is 0.478 e. The van der Waals surface area contributed by atoms with E-state index in [1.165, 1.54) is 0 Å². The van der Waals surface area contributed by atoms with Gasteiger partial charge in [0.15, 0.2) is 0 Å². The summed E-state index contributed by atoms with van der Waals surface area (Å²) in [5.41, 5.74) is 1.61. The van der Waals surface area contributed by atoms with Gasteiger partial charge in [-0.1, -0.05) is 6.07 Å². The zero-order valence-electron chi connectivity index (χ0n) is 8.53. The van der Waals surface area contributed by atoms with Gasteiger partial charge in [0.1, 0.15) is 0 Å². The number of benzene rings is 1. The Morgan fingerprint density at radius 3 is 2.69 bits per heavy atom. The van der Waals surface area contributed by atoms with Gasteiger partial charge in [-0.3, -0.25) is 4.79 Å². The van der Waals surface area contributed by atoms with Crippen molar-refractivity contribution in [1.82, 2.24) is 0 Å². The van der Waals surface area contributed by atoms with Gasteiger partial charge in [-0.05, 0) is 40.5 Å². The molecular weight excluding hydrogens is 274 g/mol. The molecule has 1 amide bonds. The first-order chi connectivity index (χ1) is 7.49. The van der Waals surface area contributed by atoms with E-state index in [4.69, 9.17) is 5.11 Å². The Hall–Kier alpha value is -1.62. The highest BCUT2D eigenvalue weighted by Crippen LogP contribution is 2.23. The van der Waals surface area contributed by atoms with Crippen molar-refractivity contribution in [2.24, 2.45) is 0 Å². The number of nitrogens with one attached hydrogen (secondary N) is 1. The molecule has 0 radical (unpaired) electrons. The quantitative estimate of drug-likeness (QED) is 0.837. The van der Waals surface area contributed by atoms with Gasteiger partial charge >= 0.3 is 5.97 Å². The number of carbonyl (C=O) groups is 2. The Morgan fingerprint density at radius 1 is 1.38 bits per heavy atom. The molecule has 0 heterocycles. The second kappa shape index (κ2) is 5.46. The van der Waals surface area contributed by atoms with E-state index in [0.717, 1.165) is 22.2 Å². The van der Waals surface area contributed by atoms with E-state index >= 15 is 0 Å². The zero-order chi connectivity index (χ0) is 12.1. The van der Waals surface area contributed by atoms with Gasteiger partial charge in [-0.2, -0.15) is 0 Å². The van der Waals surface area contributed by atoms with Crippen LogP contribution in [0.3, 0.4) is 0 Å². The molecule has 0 aromatic heterocycles. The predicted octanol–water partition coefficient (Wildman–Crippen LogP) is 2.34. The Labute approximate surface area is 101 Å². The topological polar surface area (TPSA) is 66.4 Å². The van der Waals surface area contributed by atoms with Gasteiger partial charge in [0, 0.05) is 16.6 Å². The molecule has 1 aromatic carbocycles. The lowest BCUT2D eigenvalue weighted by molar-refractivity contribution is -0.131. The number of amides is 1. The lowest BCUT2D eigenvalue weighted by Crippen LogP contribution is -2.09. The Bertz CT molecular complexity index is 455. The molecule has 1 rings (SSSR count). The van der Waals surface area contributed by atoms with Crippen molar-refractivity contribution >= 4 is 33.5 Å². The maximum Gasteiger partial charge on any atom is 0.328 e. The molecule has 0 saturated carbocycles. The number of aryl methyl sites for hydroxylation is 1. The van der Waals surface area contributed by atoms with Crippen molar-refractivity contribution in [3.05, 3.63) is 40.4 Å². The van der Waals surface area contributed by atoms with Crippen molar-refractivity contribution in [3.63, 3.8) is 0 Å². The van der Waals surface area contributed by atoms with E-state index in [0.29, 0.717) is 5.69 Å². The van der Waals surface area contributed by atoms with Crippen LogP contribution in [0, 0.1) is 6.92 Å². The first-order valence-electron chi connectivity index (χ1n) is 4.47. The van der Waals surface area contributed by atoms with E-state index < -0.39 is 11.9 Å². The number of halogens is 1. The van der Waals surface area contributed by atoms with Crippen molar-refractivity contribution < 1.29 is 14.7 Å². The highest BCUT2D eigenvalue weighted by Gasteiger charge is 2.03. The molecule has 0 aliphatic heterocycles. The van der Waals surface area contributed by atoms with Crippen LogP contribution in [-0.4, -0.2) is 17.0 Å². The van der Waals surface area contributed by atoms with Gasteiger partial charge < -0.3 is 10.4 Å². The number of rotatable bonds is 3. The summed E-state index contributed by atoms with van der Waals surface area (Å²) in [6.07, 6.45) is 1.76. The average molecular weight is 284 g/mol. The summed E-state index contributed by atoms with van der Waals surface area (Å²) in [6.45, 7) is 1.90. The summed E-state index contributed by atoms with van der Waals surface area (Å²) in [7, 11) is 0. The number of aliphatic carboxylic acids is 1. The molecule has 0 unspecified atom stereocenters. The fourth-order valence-electron chi connectivity index (χ4n) is 1.06. The first kappa shape index (κ1) is 12.4. The highest BCUT2D eigenvalue weighted by molar-refractivity contribution is 9.10. The molecule has 2 N–H and O–H groups in total. The van der Waals surface area contributed by atoms with Gasteiger partial charge in [0.2, 0.25) is 5.91 Å². The van der Waals surface area contributed by atoms with Crippen LogP contribution in [0.1, 0.15) is 5.56 Å². The standard InChI is InChI=1S/C11H10BrNO3/c1-7-2-3-8(12)9(6-7)13-10(14)4-5-11(15)16/h2-6H,1H3,(H,13,14)(H,15,16)/b5-4+. The molecule has 0 aliphatic carbocycles. The second-order valence-electron chi connectivity index (χ2n) is 3.14. The zero-order valence-corrected chi connectivity index (χ0v) is 10.1. The van der Waals surface area contributed by atoms with Gasteiger partial charge in [-0.15, -0.1) is 0 Å². The minimum Gasteiger partial charge on any atom is -0.478 e. The monoisotopic (exact) mass is 283 g/mol. The lowest BCUT2D eigenvalue weighted by Gasteiger charge is -2.05. The minimum absolute atomic E-state index is 0.478. The van der Waals surface area contributed by atoms with E-state index in [-0.39, 0.29) is 0 Å².